The van der Waals surface area contributed by atoms with Crippen molar-refractivity contribution < 1.29 is 41.8 Å². The van der Waals surface area contributed by atoms with Gasteiger partial charge in [-0.2, -0.15) is 13.2 Å². The molecule has 42 heavy (non-hydrogen) atoms. The maximum absolute atomic E-state index is 14.9. The highest BCUT2D eigenvalue weighted by Crippen LogP contribution is 2.60. The number of benzene rings is 2. The number of nitrogens with one attached hydrogen (secondary N) is 2. The minimum atomic E-state index is -4.62. The first kappa shape index (κ1) is 29.6. The zero-order valence-electron chi connectivity index (χ0n) is 22.1. The topological polar surface area (TPSA) is 120 Å². The Morgan fingerprint density at radius 3 is 2.48 bits per heavy atom. The number of alkyl halides is 3. The van der Waals surface area contributed by atoms with E-state index in [9.17, 15) is 31.9 Å². The molecular formula is C29H26ClF4N3O5. The van der Waals surface area contributed by atoms with E-state index in [2.05, 4.69) is 5.32 Å². The number of carbonyl (C=O) groups excluding carboxylic acids is 2. The number of ether oxygens (including phenoxy) is 1. The summed E-state index contributed by atoms with van der Waals surface area (Å²) in [5.41, 5.74) is -3.70. The van der Waals surface area contributed by atoms with Crippen molar-refractivity contribution in [2.75, 3.05) is 19.7 Å². The van der Waals surface area contributed by atoms with Crippen molar-refractivity contribution in [1.29, 1.82) is 5.41 Å². The van der Waals surface area contributed by atoms with Crippen molar-refractivity contribution in [3.8, 4) is 0 Å². The minimum Gasteiger partial charge on any atom is -0.478 e. The van der Waals surface area contributed by atoms with Gasteiger partial charge in [-0.05, 0) is 67.9 Å². The van der Waals surface area contributed by atoms with Crippen molar-refractivity contribution in [2.45, 2.75) is 43.7 Å². The molecule has 2 amide bonds. The van der Waals surface area contributed by atoms with Crippen LogP contribution >= 0.6 is 11.6 Å². The second-order valence-electron chi connectivity index (χ2n) is 10.7. The molecule has 2 aliphatic carbocycles. The SMILES string of the molecule is N=C(C1=C(NC(=O)c2c(Cl)cccc2C2(C(F)(F)F)CC2)CN(C(=O)OCC2CC2)CC1)c1ccc(C(=O)O)cc1F. The normalized spacial score (nSPS) is 18.0. The predicted molar refractivity (Wildman–Crippen MR) is 143 cm³/mol. The van der Waals surface area contributed by atoms with E-state index in [1.807, 2.05) is 0 Å². The lowest BCUT2D eigenvalue weighted by atomic mass is 9.89. The molecule has 5 rings (SSSR count). The lowest BCUT2D eigenvalue weighted by Crippen LogP contribution is -2.43. The Hall–Kier alpha value is -3.93. The van der Waals surface area contributed by atoms with E-state index in [4.69, 9.17) is 26.9 Å². The third-order valence-corrected chi connectivity index (χ3v) is 8.16. The average Bonchev–Trinajstić information content (AvgIpc) is 3.85. The van der Waals surface area contributed by atoms with Crippen LogP contribution in [0.2, 0.25) is 5.02 Å². The molecule has 0 radical (unpaired) electrons. The fourth-order valence-corrected chi connectivity index (χ4v) is 5.33. The van der Waals surface area contributed by atoms with Gasteiger partial charge in [0.15, 0.2) is 0 Å². The van der Waals surface area contributed by atoms with Crippen LogP contribution in [-0.4, -0.2) is 59.6 Å². The number of hydrogen-bond acceptors (Lipinski definition) is 5. The van der Waals surface area contributed by atoms with E-state index in [0.717, 1.165) is 31.0 Å². The van der Waals surface area contributed by atoms with Crippen molar-refractivity contribution in [3.63, 3.8) is 0 Å². The molecule has 0 atom stereocenters. The average molecular weight is 608 g/mol. The Morgan fingerprint density at radius 2 is 1.88 bits per heavy atom. The first-order chi connectivity index (χ1) is 19.8. The summed E-state index contributed by atoms with van der Waals surface area (Å²) in [6, 6.07) is 6.85. The second kappa shape index (κ2) is 11.0. The van der Waals surface area contributed by atoms with Gasteiger partial charge in [0.1, 0.15) is 5.82 Å². The summed E-state index contributed by atoms with van der Waals surface area (Å²) in [5, 5.41) is 20.2. The fraction of sp³-hybridized carbons (Fsp3) is 0.379. The zero-order valence-corrected chi connectivity index (χ0v) is 22.9. The number of rotatable bonds is 8. The quantitative estimate of drug-likeness (QED) is 0.248. The molecule has 0 spiro atoms. The van der Waals surface area contributed by atoms with Gasteiger partial charge < -0.3 is 20.1 Å². The first-order valence-electron chi connectivity index (χ1n) is 13.3. The molecule has 3 N–H and O–H groups in total. The van der Waals surface area contributed by atoms with E-state index >= 15 is 0 Å². The van der Waals surface area contributed by atoms with Gasteiger partial charge in [-0.15, -0.1) is 0 Å². The predicted octanol–water partition coefficient (Wildman–Crippen LogP) is 6.08. The number of halogens is 5. The summed E-state index contributed by atoms with van der Waals surface area (Å²) in [6.07, 6.45) is -3.82. The molecule has 3 aliphatic rings. The maximum Gasteiger partial charge on any atom is 0.410 e. The highest BCUT2D eigenvalue weighted by molar-refractivity contribution is 6.34. The number of amides is 2. The van der Waals surface area contributed by atoms with Crippen LogP contribution in [0.3, 0.4) is 0 Å². The number of nitrogens with zero attached hydrogens (tertiary/aromatic N) is 1. The van der Waals surface area contributed by atoms with E-state index in [1.54, 1.807) is 0 Å². The number of aromatic carboxylic acids is 1. The molecule has 2 aromatic rings. The Morgan fingerprint density at radius 1 is 1.17 bits per heavy atom. The van der Waals surface area contributed by atoms with Crippen molar-refractivity contribution in [1.82, 2.24) is 10.2 Å². The van der Waals surface area contributed by atoms with Gasteiger partial charge >= 0.3 is 18.2 Å². The summed E-state index contributed by atoms with van der Waals surface area (Å²) >= 11 is 6.27. The lowest BCUT2D eigenvalue weighted by Gasteiger charge is -2.31. The third-order valence-electron chi connectivity index (χ3n) is 7.84. The number of carboxylic acids is 1. The zero-order chi connectivity index (χ0) is 30.4. The van der Waals surface area contributed by atoms with E-state index in [1.165, 1.54) is 23.1 Å². The molecule has 2 aromatic carbocycles. The van der Waals surface area contributed by atoms with E-state index < -0.39 is 35.4 Å². The van der Waals surface area contributed by atoms with E-state index in [0.29, 0.717) is 0 Å². The summed E-state index contributed by atoms with van der Waals surface area (Å²) in [6.45, 7) is 0.0168. The Balaban J connectivity index is 1.50. The van der Waals surface area contributed by atoms with Crippen LogP contribution in [0, 0.1) is 17.1 Å². The third kappa shape index (κ3) is 5.72. The Labute approximate surface area is 242 Å². The van der Waals surface area contributed by atoms with Crippen LogP contribution in [0.4, 0.5) is 22.4 Å². The van der Waals surface area contributed by atoms with Crippen molar-refractivity contribution >= 4 is 35.3 Å². The maximum atomic E-state index is 14.9. The molecule has 1 heterocycles. The molecule has 0 saturated heterocycles. The molecule has 0 unspecified atom stereocenters. The number of carboxylic acid groups (broad SMARTS) is 1. The molecular weight excluding hydrogens is 582 g/mol. The standard InChI is InChI=1S/C29H26ClF4N3O5/c30-20-3-1-2-19(28(9-10-28)29(32,33)34)23(20)25(38)36-22-13-37(27(41)42-14-15-4-5-15)11-8-18(22)24(35)17-7-6-16(26(39)40)12-21(17)31/h1-3,6-7,12,15,35H,4-5,8-11,13-14H2,(H,36,38)(H,39,40). The van der Waals surface area contributed by atoms with E-state index in [-0.39, 0.29) is 89.1 Å². The largest absolute Gasteiger partial charge is 0.478 e. The second-order valence-corrected chi connectivity index (χ2v) is 11.1. The summed E-state index contributed by atoms with van der Waals surface area (Å²) in [7, 11) is 0. The van der Waals surface area contributed by atoms with Crippen LogP contribution in [0.25, 0.3) is 0 Å². The van der Waals surface area contributed by atoms with Crippen molar-refractivity contribution in [2.24, 2.45) is 5.92 Å². The summed E-state index contributed by atoms with van der Waals surface area (Å²) in [5.74, 6) is -3.03. The van der Waals surface area contributed by atoms with Gasteiger partial charge in [0.05, 0.1) is 40.4 Å². The summed E-state index contributed by atoms with van der Waals surface area (Å²) < 4.78 is 62.3. The first-order valence-corrected chi connectivity index (χ1v) is 13.6. The van der Waals surface area contributed by atoms with Crippen LogP contribution in [0.15, 0.2) is 47.7 Å². The molecule has 222 valence electrons. The fourth-order valence-electron chi connectivity index (χ4n) is 5.07. The van der Waals surface area contributed by atoms with Gasteiger partial charge in [0.25, 0.3) is 5.91 Å². The summed E-state index contributed by atoms with van der Waals surface area (Å²) in [4.78, 5) is 38.9. The van der Waals surface area contributed by atoms with Crippen LogP contribution in [-0.2, 0) is 10.2 Å². The van der Waals surface area contributed by atoms with Gasteiger partial charge in [0, 0.05) is 23.4 Å². The highest BCUT2D eigenvalue weighted by atomic mass is 35.5. The molecule has 1 aliphatic heterocycles. The molecule has 0 aromatic heterocycles. The molecule has 2 saturated carbocycles. The van der Waals surface area contributed by atoms with Gasteiger partial charge in [-0.3, -0.25) is 10.2 Å². The molecule has 2 fully saturated rings. The number of carbonyl (C=O) groups is 3. The Kier molecular flexibility index (Phi) is 7.78. The Bertz CT molecular complexity index is 1520. The minimum absolute atomic E-state index is 0.0101. The van der Waals surface area contributed by atoms with Crippen LogP contribution < -0.4 is 5.32 Å². The van der Waals surface area contributed by atoms with Gasteiger partial charge in [-0.1, -0.05) is 23.7 Å². The highest BCUT2D eigenvalue weighted by Gasteiger charge is 2.65. The van der Waals surface area contributed by atoms with Gasteiger partial charge in [-0.25, -0.2) is 14.0 Å². The molecule has 13 heteroatoms. The molecule has 0 bridgehead atoms. The molecule has 8 nitrogen and oxygen atoms in total. The monoisotopic (exact) mass is 607 g/mol. The van der Waals surface area contributed by atoms with Crippen molar-refractivity contribution in [3.05, 3.63) is 80.8 Å². The lowest BCUT2D eigenvalue weighted by molar-refractivity contribution is -0.160. The van der Waals surface area contributed by atoms with Crippen LogP contribution in [0.5, 0.6) is 0 Å². The van der Waals surface area contributed by atoms with Crippen LogP contribution in [0.1, 0.15) is 63.9 Å². The number of hydrogen-bond donors (Lipinski definition) is 3. The van der Waals surface area contributed by atoms with Gasteiger partial charge in [0.2, 0.25) is 0 Å². The smallest absolute Gasteiger partial charge is 0.410 e.